The number of nitrogens with one attached hydrogen (secondary N) is 1. The number of benzene rings is 1. The number of rotatable bonds is 1. The van der Waals surface area contributed by atoms with Gasteiger partial charge in [-0.2, -0.15) is 4.39 Å². The molecule has 4 heteroatoms. The van der Waals surface area contributed by atoms with Crippen LogP contribution >= 0.6 is 11.6 Å². The van der Waals surface area contributed by atoms with E-state index in [2.05, 4.69) is 22.3 Å². The summed E-state index contributed by atoms with van der Waals surface area (Å²) in [4.78, 5) is 3.48. The van der Waals surface area contributed by atoms with E-state index >= 15 is 0 Å². The molecule has 2 nitrogen and oxygen atoms in total. The predicted octanol–water partition coefficient (Wildman–Crippen LogP) is 3.30. The maximum Gasteiger partial charge on any atom is 0.214 e. The highest BCUT2D eigenvalue weighted by molar-refractivity contribution is 6.31. The summed E-state index contributed by atoms with van der Waals surface area (Å²) in [5.41, 5.74) is 1.36. The third-order valence-corrected chi connectivity index (χ3v) is 2.31. The maximum atomic E-state index is 12.7. The molecule has 0 unspecified atom stereocenters. The normalized spacial score (nSPS) is 9.29. The molecule has 1 heterocycles. The van der Waals surface area contributed by atoms with Crippen molar-refractivity contribution in [3.05, 3.63) is 59.1 Å². The third kappa shape index (κ3) is 3.20. The molecule has 0 radical (unpaired) electrons. The van der Waals surface area contributed by atoms with Crippen molar-refractivity contribution < 1.29 is 4.39 Å². The van der Waals surface area contributed by atoms with Crippen molar-refractivity contribution in [1.29, 1.82) is 0 Å². The van der Waals surface area contributed by atoms with Gasteiger partial charge in [-0.15, -0.1) is 0 Å². The molecule has 0 amide bonds. The molecule has 17 heavy (non-hydrogen) atoms. The number of anilines is 1. The summed E-state index contributed by atoms with van der Waals surface area (Å²) in [6, 6.07) is 13.4. The summed E-state index contributed by atoms with van der Waals surface area (Å²) in [6.07, 6.45) is 1.30. The molecule has 0 saturated heterocycles. The van der Waals surface area contributed by atoms with Gasteiger partial charge in [0, 0.05) is 24.0 Å². The summed E-state index contributed by atoms with van der Waals surface area (Å²) < 4.78 is 12.7. The van der Waals surface area contributed by atoms with E-state index in [4.69, 9.17) is 11.6 Å². The largest absolute Gasteiger partial charge is 0.315 e. The molecular formula is C13H8ClFN2. The van der Waals surface area contributed by atoms with Gasteiger partial charge >= 0.3 is 0 Å². The Kier molecular flexibility index (Phi) is 3.59. The van der Waals surface area contributed by atoms with Crippen LogP contribution in [0.4, 0.5) is 10.1 Å². The molecule has 0 spiro atoms. The number of para-hydroxylation sites is 1. The lowest BCUT2D eigenvalue weighted by atomic mass is 10.3. The molecule has 0 aliphatic carbocycles. The van der Waals surface area contributed by atoms with E-state index in [-0.39, 0.29) is 5.02 Å². The molecule has 0 saturated carbocycles. The van der Waals surface area contributed by atoms with Gasteiger partial charge in [0.25, 0.3) is 0 Å². The molecule has 1 aromatic carbocycles. The van der Waals surface area contributed by atoms with Crippen molar-refractivity contribution >= 4 is 17.3 Å². The van der Waals surface area contributed by atoms with Crippen LogP contribution in [0.3, 0.4) is 0 Å². The van der Waals surface area contributed by atoms with Gasteiger partial charge in [-0.3, -0.25) is 0 Å². The summed E-state index contributed by atoms with van der Waals surface area (Å²) in [5, 5.41) is 3.14. The minimum absolute atomic E-state index is 0.250. The third-order valence-electron chi connectivity index (χ3n) is 2.00. The van der Waals surface area contributed by atoms with Crippen molar-refractivity contribution in [2.75, 3.05) is 5.32 Å². The van der Waals surface area contributed by atoms with Gasteiger partial charge in [0.05, 0.1) is 10.6 Å². The minimum atomic E-state index is -0.614. The molecule has 0 aliphatic heterocycles. The van der Waals surface area contributed by atoms with E-state index in [0.717, 1.165) is 11.8 Å². The van der Waals surface area contributed by atoms with E-state index in [1.165, 1.54) is 6.20 Å². The quantitative estimate of drug-likeness (QED) is 0.474. The minimum Gasteiger partial charge on any atom is -0.315 e. The first-order valence-electron chi connectivity index (χ1n) is 4.89. The number of hydrogen-bond acceptors (Lipinski definition) is 2. The van der Waals surface area contributed by atoms with E-state index in [1.54, 1.807) is 0 Å². The SMILES string of the molecule is Fc1cc(Cl)c(C#CNc2ccccc2)cn1. The molecule has 1 aromatic heterocycles. The second kappa shape index (κ2) is 5.33. The molecule has 2 aromatic rings. The Bertz CT molecular complexity index is 573. The Balaban J connectivity index is 2.12. The molecule has 0 fully saturated rings. The van der Waals surface area contributed by atoms with Crippen LogP contribution in [0.5, 0.6) is 0 Å². The first-order chi connectivity index (χ1) is 8.25. The molecular weight excluding hydrogens is 239 g/mol. The van der Waals surface area contributed by atoms with E-state index in [9.17, 15) is 4.39 Å². The number of pyridine rings is 1. The highest BCUT2D eigenvalue weighted by atomic mass is 35.5. The lowest BCUT2D eigenvalue weighted by Crippen LogP contribution is -1.89. The first kappa shape index (κ1) is 11.4. The van der Waals surface area contributed by atoms with Crippen LogP contribution in [-0.2, 0) is 0 Å². The van der Waals surface area contributed by atoms with Crippen molar-refractivity contribution in [1.82, 2.24) is 4.98 Å². The zero-order valence-electron chi connectivity index (χ0n) is 8.74. The summed E-state index contributed by atoms with van der Waals surface area (Å²) in [5.74, 6) is 2.15. The van der Waals surface area contributed by atoms with E-state index < -0.39 is 5.95 Å². The van der Waals surface area contributed by atoms with Gasteiger partial charge in [-0.25, -0.2) is 4.98 Å². The standard InChI is InChI=1S/C13H8ClFN2/c14-12-8-13(15)17-9-10(12)6-7-16-11-4-2-1-3-5-11/h1-5,8-9,16H. The van der Waals surface area contributed by atoms with Crippen LogP contribution < -0.4 is 5.32 Å². The Morgan fingerprint density at radius 3 is 2.71 bits per heavy atom. The van der Waals surface area contributed by atoms with Crippen LogP contribution in [0, 0.1) is 17.9 Å². The zero-order chi connectivity index (χ0) is 12.1. The molecule has 0 aliphatic rings. The van der Waals surface area contributed by atoms with Crippen molar-refractivity contribution in [2.45, 2.75) is 0 Å². The lowest BCUT2D eigenvalue weighted by Gasteiger charge is -1.96. The fourth-order valence-corrected chi connectivity index (χ4v) is 1.38. The average molecular weight is 247 g/mol. The van der Waals surface area contributed by atoms with Crippen molar-refractivity contribution in [3.8, 4) is 12.0 Å². The fraction of sp³-hybridized carbons (Fsp3) is 0. The van der Waals surface area contributed by atoms with Crippen molar-refractivity contribution in [3.63, 3.8) is 0 Å². The number of aromatic nitrogens is 1. The predicted molar refractivity (Wildman–Crippen MR) is 66.1 cm³/mol. The van der Waals surface area contributed by atoms with Crippen LogP contribution in [0.25, 0.3) is 0 Å². The lowest BCUT2D eigenvalue weighted by molar-refractivity contribution is 0.583. The fourth-order valence-electron chi connectivity index (χ4n) is 1.19. The molecule has 1 N–H and O–H groups in total. The molecule has 2 rings (SSSR count). The van der Waals surface area contributed by atoms with Gasteiger partial charge in [-0.05, 0) is 18.1 Å². The molecule has 0 atom stereocenters. The number of hydrogen-bond donors (Lipinski definition) is 1. The van der Waals surface area contributed by atoms with Gasteiger partial charge < -0.3 is 5.32 Å². The smallest absolute Gasteiger partial charge is 0.214 e. The van der Waals surface area contributed by atoms with Crippen molar-refractivity contribution in [2.24, 2.45) is 0 Å². The Morgan fingerprint density at radius 1 is 1.24 bits per heavy atom. The summed E-state index contributed by atoms with van der Waals surface area (Å²) >= 11 is 5.80. The summed E-state index contributed by atoms with van der Waals surface area (Å²) in [6.45, 7) is 0. The van der Waals surface area contributed by atoms with Crippen LogP contribution in [0.15, 0.2) is 42.6 Å². The Labute approximate surface area is 103 Å². The number of nitrogens with zero attached hydrogens (tertiary/aromatic N) is 1. The first-order valence-corrected chi connectivity index (χ1v) is 5.26. The van der Waals surface area contributed by atoms with Crippen LogP contribution in [0.1, 0.15) is 5.56 Å². The highest BCUT2D eigenvalue weighted by Crippen LogP contribution is 2.13. The highest BCUT2D eigenvalue weighted by Gasteiger charge is 1.99. The van der Waals surface area contributed by atoms with Crippen LogP contribution in [0.2, 0.25) is 5.02 Å². The second-order valence-electron chi connectivity index (χ2n) is 3.23. The van der Waals surface area contributed by atoms with E-state index in [0.29, 0.717) is 5.56 Å². The Morgan fingerprint density at radius 2 is 2.00 bits per heavy atom. The zero-order valence-corrected chi connectivity index (χ0v) is 9.50. The van der Waals surface area contributed by atoms with Crippen LogP contribution in [-0.4, -0.2) is 4.98 Å². The van der Waals surface area contributed by atoms with Gasteiger partial charge in [-0.1, -0.05) is 29.8 Å². The maximum absolute atomic E-state index is 12.7. The van der Waals surface area contributed by atoms with Gasteiger partial charge in [0.2, 0.25) is 5.95 Å². The summed E-state index contributed by atoms with van der Waals surface area (Å²) in [7, 11) is 0. The topological polar surface area (TPSA) is 24.9 Å². The average Bonchev–Trinajstić information content (AvgIpc) is 2.33. The second-order valence-corrected chi connectivity index (χ2v) is 3.64. The molecule has 84 valence electrons. The Hall–Kier alpha value is -2.05. The molecule has 0 bridgehead atoms. The van der Waals surface area contributed by atoms with Gasteiger partial charge in [0.15, 0.2) is 0 Å². The van der Waals surface area contributed by atoms with Gasteiger partial charge in [0.1, 0.15) is 0 Å². The number of halogens is 2. The van der Waals surface area contributed by atoms with E-state index in [1.807, 2.05) is 30.3 Å². The monoisotopic (exact) mass is 246 g/mol.